The summed E-state index contributed by atoms with van der Waals surface area (Å²) in [4.78, 5) is 0. The molecule has 6 heteroatoms. The molecule has 0 saturated carbocycles. The van der Waals surface area contributed by atoms with E-state index in [1.165, 1.54) is 5.56 Å². The Morgan fingerprint density at radius 1 is 1.21 bits per heavy atom. The summed E-state index contributed by atoms with van der Waals surface area (Å²) in [6.07, 6.45) is 2.40. The SMILES string of the molecule is Cc1ccc(-n2c(C)cc(C=NNC3CCS(=O)(=O)C3)c2C)cc1. The van der Waals surface area contributed by atoms with Crippen molar-refractivity contribution in [3.05, 3.63) is 52.8 Å². The number of hydrogen-bond acceptors (Lipinski definition) is 4. The fraction of sp³-hybridized carbons (Fsp3) is 0.389. The molecule has 0 bridgehead atoms. The van der Waals surface area contributed by atoms with Crippen LogP contribution in [0.2, 0.25) is 0 Å². The van der Waals surface area contributed by atoms with E-state index in [9.17, 15) is 8.42 Å². The van der Waals surface area contributed by atoms with E-state index >= 15 is 0 Å². The zero-order valence-corrected chi connectivity index (χ0v) is 15.1. The number of hydrazone groups is 1. The Morgan fingerprint density at radius 3 is 2.54 bits per heavy atom. The molecule has 0 radical (unpaired) electrons. The van der Waals surface area contributed by atoms with Crippen LogP contribution in [0.4, 0.5) is 0 Å². The highest BCUT2D eigenvalue weighted by Crippen LogP contribution is 2.20. The first kappa shape index (κ1) is 16.8. The van der Waals surface area contributed by atoms with Crippen molar-refractivity contribution in [1.29, 1.82) is 0 Å². The van der Waals surface area contributed by atoms with Crippen LogP contribution in [0.3, 0.4) is 0 Å². The van der Waals surface area contributed by atoms with Crippen LogP contribution in [0.5, 0.6) is 0 Å². The third kappa shape index (κ3) is 3.53. The molecule has 0 amide bonds. The molecule has 1 unspecified atom stereocenters. The number of benzene rings is 1. The van der Waals surface area contributed by atoms with Gasteiger partial charge in [-0.2, -0.15) is 5.10 Å². The van der Waals surface area contributed by atoms with Crippen LogP contribution < -0.4 is 5.43 Å². The minimum atomic E-state index is -2.88. The highest BCUT2D eigenvalue weighted by molar-refractivity contribution is 7.91. The molecule has 0 spiro atoms. The molecular formula is C18H23N3O2S. The van der Waals surface area contributed by atoms with Gasteiger partial charge in [0.15, 0.2) is 9.84 Å². The van der Waals surface area contributed by atoms with Gasteiger partial charge in [-0.05, 0) is 45.4 Å². The standard InChI is InChI=1S/C18H23N3O2S/c1-13-4-6-18(7-5-13)21-14(2)10-16(15(21)3)11-19-20-17-8-9-24(22,23)12-17/h4-7,10-11,17,20H,8-9,12H2,1-3H3. The fourth-order valence-corrected chi connectivity index (χ4v) is 4.78. The molecule has 3 rings (SSSR count). The summed E-state index contributed by atoms with van der Waals surface area (Å²) in [7, 11) is -2.88. The van der Waals surface area contributed by atoms with E-state index in [-0.39, 0.29) is 17.5 Å². The lowest BCUT2D eigenvalue weighted by atomic mass is 10.2. The Bertz CT molecular complexity index is 864. The Morgan fingerprint density at radius 2 is 1.92 bits per heavy atom. The third-order valence-corrected chi connectivity index (χ3v) is 6.22. The lowest BCUT2D eigenvalue weighted by Crippen LogP contribution is -2.25. The Kier molecular flexibility index (Phi) is 4.49. The molecule has 128 valence electrons. The summed E-state index contributed by atoms with van der Waals surface area (Å²) in [6, 6.07) is 10.4. The van der Waals surface area contributed by atoms with Crippen LogP contribution >= 0.6 is 0 Å². The molecule has 1 aromatic carbocycles. The van der Waals surface area contributed by atoms with E-state index in [1.807, 2.05) is 0 Å². The molecule has 1 aliphatic rings. The summed E-state index contributed by atoms with van der Waals surface area (Å²) < 4.78 is 25.1. The van der Waals surface area contributed by atoms with Crippen molar-refractivity contribution in [3.8, 4) is 5.69 Å². The van der Waals surface area contributed by atoms with Gasteiger partial charge in [0.2, 0.25) is 0 Å². The van der Waals surface area contributed by atoms with Crippen LogP contribution in [-0.4, -0.2) is 36.7 Å². The second-order valence-corrected chi connectivity index (χ2v) is 8.71. The van der Waals surface area contributed by atoms with Gasteiger partial charge in [0.1, 0.15) is 0 Å². The van der Waals surface area contributed by atoms with Crippen LogP contribution in [0.15, 0.2) is 35.4 Å². The predicted molar refractivity (Wildman–Crippen MR) is 97.8 cm³/mol. The maximum absolute atomic E-state index is 11.5. The first-order valence-corrected chi connectivity index (χ1v) is 9.93. The largest absolute Gasteiger partial charge is 0.318 e. The predicted octanol–water partition coefficient (Wildman–Crippen LogP) is 2.51. The topological polar surface area (TPSA) is 63.5 Å². The summed E-state index contributed by atoms with van der Waals surface area (Å²) in [5.74, 6) is 0.425. The average Bonchev–Trinajstić information content (AvgIpc) is 3.00. The first-order chi connectivity index (χ1) is 11.4. The lowest BCUT2D eigenvalue weighted by Gasteiger charge is -2.10. The van der Waals surface area contributed by atoms with Crippen LogP contribution in [0.1, 0.15) is 28.9 Å². The molecule has 5 nitrogen and oxygen atoms in total. The fourth-order valence-electron chi connectivity index (χ4n) is 3.12. The summed E-state index contributed by atoms with van der Waals surface area (Å²) >= 11 is 0. The molecule has 2 aromatic rings. The van der Waals surface area contributed by atoms with Gasteiger partial charge in [0.05, 0.1) is 23.8 Å². The van der Waals surface area contributed by atoms with Crippen molar-refractivity contribution in [3.63, 3.8) is 0 Å². The van der Waals surface area contributed by atoms with E-state index < -0.39 is 9.84 Å². The van der Waals surface area contributed by atoms with Crippen LogP contribution in [0.25, 0.3) is 5.69 Å². The molecule has 0 aliphatic carbocycles. The molecule has 1 saturated heterocycles. The highest BCUT2D eigenvalue weighted by Gasteiger charge is 2.27. The third-order valence-electron chi connectivity index (χ3n) is 4.46. The minimum Gasteiger partial charge on any atom is -0.318 e. The van der Waals surface area contributed by atoms with Gasteiger partial charge in [-0.3, -0.25) is 0 Å². The normalized spacial score (nSPS) is 19.9. The average molecular weight is 345 g/mol. The molecule has 24 heavy (non-hydrogen) atoms. The van der Waals surface area contributed by atoms with E-state index in [2.05, 4.69) is 66.2 Å². The van der Waals surface area contributed by atoms with E-state index in [0.29, 0.717) is 6.42 Å². The zero-order chi connectivity index (χ0) is 17.3. The minimum absolute atomic E-state index is 0.0770. The number of nitrogens with zero attached hydrogens (tertiary/aromatic N) is 2. The number of aromatic nitrogens is 1. The van der Waals surface area contributed by atoms with Crippen molar-refractivity contribution in [2.24, 2.45) is 5.10 Å². The van der Waals surface area contributed by atoms with Crippen molar-refractivity contribution in [2.75, 3.05) is 11.5 Å². The maximum Gasteiger partial charge on any atom is 0.152 e. The van der Waals surface area contributed by atoms with Crippen molar-refractivity contribution >= 4 is 16.1 Å². The van der Waals surface area contributed by atoms with Crippen molar-refractivity contribution in [2.45, 2.75) is 33.2 Å². The monoisotopic (exact) mass is 345 g/mol. The number of hydrogen-bond donors (Lipinski definition) is 1. The smallest absolute Gasteiger partial charge is 0.152 e. The van der Waals surface area contributed by atoms with Crippen LogP contribution in [0, 0.1) is 20.8 Å². The number of rotatable bonds is 4. The summed E-state index contributed by atoms with van der Waals surface area (Å²) in [5.41, 5.74) is 8.62. The van der Waals surface area contributed by atoms with Gasteiger partial charge >= 0.3 is 0 Å². The van der Waals surface area contributed by atoms with Crippen molar-refractivity contribution in [1.82, 2.24) is 9.99 Å². The second-order valence-electron chi connectivity index (χ2n) is 6.48. The molecule has 1 N–H and O–H groups in total. The molecule has 1 aliphatic heterocycles. The number of sulfone groups is 1. The maximum atomic E-state index is 11.5. The number of aryl methyl sites for hydroxylation is 2. The van der Waals surface area contributed by atoms with E-state index in [1.54, 1.807) is 6.21 Å². The Hall–Kier alpha value is -2.08. The van der Waals surface area contributed by atoms with E-state index in [4.69, 9.17) is 0 Å². The van der Waals surface area contributed by atoms with Gasteiger partial charge in [0, 0.05) is 22.6 Å². The van der Waals surface area contributed by atoms with Crippen LogP contribution in [-0.2, 0) is 9.84 Å². The molecule has 1 aromatic heterocycles. The van der Waals surface area contributed by atoms with Gasteiger partial charge in [0.25, 0.3) is 0 Å². The first-order valence-electron chi connectivity index (χ1n) is 8.11. The molecule has 1 atom stereocenters. The summed E-state index contributed by atoms with van der Waals surface area (Å²) in [5, 5.41) is 4.26. The molecule has 2 heterocycles. The lowest BCUT2D eigenvalue weighted by molar-refractivity contribution is 0.578. The van der Waals surface area contributed by atoms with Gasteiger partial charge in [-0.15, -0.1) is 0 Å². The van der Waals surface area contributed by atoms with Crippen molar-refractivity contribution < 1.29 is 8.42 Å². The quantitative estimate of drug-likeness (QED) is 0.684. The van der Waals surface area contributed by atoms with Gasteiger partial charge in [-0.25, -0.2) is 8.42 Å². The van der Waals surface area contributed by atoms with Gasteiger partial charge < -0.3 is 9.99 Å². The highest BCUT2D eigenvalue weighted by atomic mass is 32.2. The van der Waals surface area contributed by atoms with Gasteiger partial charge in [-0.1, -0.05) is 17.7 Å². The molecule has 1 fully saturated rings. The van der Waals surface area contributed by atoms with E-state index in [0.717, 1.165) is 22.6 Å². The summed E-state index contributed by atoms with van der Waals surface area (Å²) in [6.45, 7) is 6.21. The Balaban J connectivity index is 1.77. The Labute approximate surface area is 143 Å². The zero-order valence-electron chi connectivity index (χ0n) is 14.3. The molecular weight excluding hydrogens is 322 g/mol. The number of nitrogens with one attached hydrogen (secondary N) is 1. The second kappa shape index (κ2) is 6.43.